The van der Waals surface area contributed by atoms with E-state index >= 15 is 0 Å². The minimum absolute atomic E-state index is 0.0182. The van der Waals surface area contributed by atoms with Gasteiger partial charge in [-0.25, -0.2) is 4.79 Å². The number of hydrogen-bond acceptors (Lipinski definition) is 3. The van der Waals surface area contributed by atoms with E-state index in [0.717, 1.165) is 30.9 Å². The topological polar surface area (TPSA) is 35.5 Å². The molecule has 3 nitrogen and oxygen atoms in total. The first kappa shape index (κ1) is 17.5. The zero-order valence-corrected chi connectivity index (χ0v) is 13.6. The monoisotopic (exact) mass is 292 g/mol. The fraction of sp³-hybridized carbons (Fsp3) is 0.611. The fourth-order valence-corrected chi connectivity index (χ4v) is 2.15. The van der Waals surface area contributed by atoms with E-state index in [2.05, 4.69) is 32.9 Å². The van der Waals surface area contributed by atoms with Crippen LogP contribution < -0.4 is 4.74 Å². The number of carbonyl (C=O) groups excluding carboxylic acids is 1. The van der Waals surface area contributed by atoms with E-state index in [9.17, 15) is 4.79 Å². The third-order valence-electron chi connectivity index (χ3n) is 3.72. The summed E-state index contributed by atoms with van der Waals surface area (Å²) in [5.74, 6) is 1.16. The molecule has 0 unspecified atom stereocenters. The Morgan fingerprint density at radius 2 is 1.76 bits per heavy atom. The summed E-state index contributed by atoms with van der Waals surface area (Å²) in [7, 11) is 0. The molecule has 21 heavy (non-hydrogen) atoms. The Morgan fingerprint density at radius 1 is 1.10 bits per heavy atom. The molecule has 0 radical (unpaired) electrons. The van der Waals surface area contributed by atoms with Gasteiger partial charge in [0.2, 0.25) is 0 Å². The zero-order valence-electron chi connectivity index (χ0n) is 13.6. The molecule has 0 N–H and O–H groups in total. The molecule has 0 saturated carbocycles. The minimum atomic E-state index is -0.301. The molecule has 0 aliphatic carbocycles. The van der Waals surface area contributed by atoms with Gasteiger partial charge in [-0.05, 0) is 36.5 Å². The van der Waals surface area contributed by atoms with Gasteiger partial charge in [0.05, 0.1) is 6.61 Å². The van der Waals surface area contributed by atoms with Gasteiger partial charge in [0.1, 0.15) is 5.75 Å². The van der Waals surface area contributed by atoms with Crippen LogP contribution in [0.5, 0.6) is 5.75 Å². The Balaban J connectivity index is 2.35. The lowest BCUT2D eigenvalue weighted by Gasteiger charge is -2.12. The molecule has 0 aliphatic heterocycles. The third kappa shape index (κ3) is 7.16. The molecule has 1 rings (SSSR count). The first-order valence-electron chi connectivity index (χ1n) is 8.06. The van der Waals surface area contributed by atoms with Crippen LogP contribution >= 0.6 is 0 Å². The summed E-state index contributed by atoms with van der Waals surface area (Å²) in [6.45, 7) is 6.99. The van der Waals surface area contributed by atoms with E-state index in [1.165, 1.54) is 18.4 Å². The van der Waals surface area contributed by atoms with Gasteiger partial charge in [-0.2, -0.15) is 0 Å². The molecule has 3 heteroatoms. The average Bonchev–Trinajstić information content (AvgIpc) is 2.52. The van der Waals surface area contributed by atoms with Crippen molar-refractivity contribution in [2.24, 2.45) is 5.92 Å². The predicted octanol–water partition coefficient (Wildman–Crippen LogP) is 4.39. The summed E-state index contributed by atoms with van der Waals surface area (Å²) in [6.07, 6.45) is 5.44. The van der Waals surface area contributed by atoms with Crippen LogP contribution in [0.4, 0.5) is 0 Å². The van der Waals surface area contributed by atoms with Crippen molar-refractivity contribution in [1.29, 1.82) is 0 Å². The van der Waals surface area contributed by atoms with Crippen molar-refractivity contribution in [3.63, 3.8) is 0 Å². The molecule has 1 aromatic rings. The molecule has 0 spiro atoms. The van der Waals surface area contributed by atoms with Gasteiger partial charge in [-0.1, -0.05) is 52.2 Å². The highest BCUT2D eigenvalue weighted by molar-refractivity contribution is 5.71. The Bertz CT molecular complexity index is 393. The Hall–Kier alpha value is -1.51. The van der Waals surface area contributed by atoms with Crippen molar-refractivity contribution in [2.75, 3.05) is 13.2 Å². The largest absolute Gasteiger partial charge is 0.482 e. The van der Waals surface area contributed by atoms with Gasteiger partial charge in [0, 0.05) is 0 Å². The molecule has 1 aromatic carbocycles. The first-order chi connectivity index (χ1) is 10.2. The minimum Gasteiger partial charge on any atom is -0.482 e. The molecule has 0 atom stereocenters. The Morgan fingerprint density at radius 3 is 2.33 bits per heavy atom. The highest BCUT2D eigenvalue weighted by Gasteiger charge is 2.06. The van der Waals surface area contributed by atoms with E-state index in [4.69, 9.17) is 9.47 Å². The second kappa shape index (κ2) is 10.3. The van der Waals surface area contributed by atoms with Crippen molar-refractivity contribution < 1.29 is 14.3 Å². The number of ether oxygens (including phenoxy) is 2. The molecule has 0 saturated heterocycles. The van der Waals surface area contributed by atoms with E-state index in [-0.39, 0.29) is 12.6 Å². The highest BCUT2D eigenvalue weighted by Crippen LogP contribution is 2.18. The van der Waals surface area contributed by atoms with Crippen molar-refractivity contribution in [3.05, 3.63) is 29.8 Å². The summed E-state index contributed by atoms with van der Waals surface area (Å²) in [6, 6.07) is 8.01. The summed E-state index contributed by atoms with van der Waals surface area (Å²) in [5, 5.41) is 0. The SMILES string of the molecule is CCCCOC(=O)COc1ccc(CC(CC)CC)cc1. The standard InChI is InChI=1S/C18H28O3/c1-4-7-12-20-18(19)14-21-17-10-8-16(9-11-17)13-15(5-2)6-3/h8-11,15H,4-7,12-14H2,1-3H3. The third-order valence-corrected chi connectivity index (χ3v) is 3.72. The number of carbonyl (C=O) groups is 1. The number of esters is 1. The maximum atomic E-state index is 11.4. The van der Waals surface area contributed by atoms with E-state index in [1.54, 1.807) is 0 Å². The van der Waals surface area contributed by atoms with E-state index in [1.807, 2.05) is 12.1 Å². The summed E-state index contributed by atoms with van der Waals surface area (Å²) in [4.78, 5) is 11.4. The molecule has 0 aliphatic rings. The van der Waals surface area contributed by atoms with Crippen molar-refractivity contribution in [3.8, 4) is 5.75 Å². The molecule has 0 aromatic heterocycles. The second-order valence-corrected chi connectivity index (χ2v) is 5.39. The van der Waals surface area contributed by atoms with Gasteiger partial charge in [0.15, 0.2) is 6.61 Å². The van der Waals surface area contributed by atoms with Crippen molar-refractivity contribution >= 4 is 5.97 Å². The van der Waals surface area contributed by atoms with Gasteiger partial charge < -0.3 is 9.47 Å². The first-order valence-corrected chi connectivity index (χ1v) is 8.06. The highest BCUT2D eigenvalue weighted by atomic mass is 16.6. The van der Waals surface area contributed by atoms with Crippen molar-refractivity contribution in [2.45, 2.75) is 52.9 Å². The van der Waals surface area contributed by atoms with Gasteiger partial charge >= 0.3 is 5.97 Å². The Kier molecular flexibility index (Phi) is 8.56. The number of rotatable bonds is 10. The molecule has 0 amide bonds. The molecular weight excluding hydrogens is 264 g/mol. The smallest absolute Gasteiger partial charge is 0.344 e. The number of benzene rings is 1. The van der Waals surface area contributed by atoms with Crippen LogP contribution in [0.25, 0.3) is 0 Å². The van der Waals surface area contributed by atoms with Crippen LogP contribution in [0, 0.1) is 5.92 Å². The van der Waals surface area contributed by atoms with Crippen molar-refractivity contribution in [1.82, 2.24) is 0 Å². The van der Waals surface area contributed by atoms with Crippen LogP contribution in [0.15, 0.2) is 24.3 Å². The maximum absolute atomic E-state index is 11.4. The molecule has 118 valence electrons. The van der Waals surface area contributed by atoms with Gasteiger partial charge in [-0.3, -0.25) is 0 Å². The lowest BCUT2D eigenvalue weighted by atomic mass is 9.95. The lowest BCUT2D eigenvalue weighted by molar-refractivity contribution is -0.146. The maximum Gasteiger partial charge on any atom is 0.344 e. The zero-order chi connectivity index (χ0) is 15.5. The van der Waals surface area contributed by atoms with Crippen LogP contribution in [-0.4, -0.2) is 19.2 Å². The molecule has 0 heterocycles. The van der Waals surface area contributed by atoms with E-state index in [0.29, 0.717) is 6.61 Å². The lowest BCUT2D eigenvalue weighted by Crippen LogP contribution is -2.15. The van der Waals surface area contributed by atoms with Gasteiger partial charge in [-0.15, -0.1) is 0 Å². The predicted molar refractivity (Wildman–Crippen MR) is 85.6 cm³/mol. The Labute approximate surface area is 128 Å². The molecule has 0 fully saturated rings. The summed E-state index contributed by atoms with van der Waals surface area (Å²) in [5.41, 5.74) is 1.32. The summed E-state index contributed by atoms with van der Waals surface area (Å²) >= 11 is 0. The number of hydrogen-bond donors (Lipinski definition) is 0. The van der Waals surface area contributed by atoms with Crippen LogP contribution in [0.1, 0.15) is 52.0 Å². The van der Waals surface area contributed by atoms with Crippen LogP contribution in [-0.2, 0) is 16.0 Å². The normalized spacial score (nSPS) is 10.7. The second-order valence-electron chi connectivity index (χ2n) is 5.39. The summed E-state index contributed by atoms with van der Waals surface area (Å²) < 4.78 is 10.5. The van der Waals surface area contributed by atoms with E-state index < -0.39 is 0 Å². The van der Waals surface area contributed by atoms with Gasteiger partial charge in [0.25, 0.3) is 0 Å². The fourth-order valence-electron chi connectivity index (χ4n) is 2.15. The molecule has 0 bridgehead atoms. The number of unbranched alkanes of at least 4 members (excludes halogenated alkanes) is 1. The quantitative estimate of drug-likeness (QED) is 0.474. The van der Waals surface area contributed by atoms with Crippen LogP contribution in [0.2, 0.25) is 0 Å². The average molecular weight is 292 g/mol. The van der Waals surface area contributed by atoms with Crippen LogP contribution in [0.3, 0.4) is 0 Å². The molecular formula is C18H28O3.